The minimum Gasteiger partial charge on any atom is -0.353 e. The lowest BCUT2D eigenvalue weighted by molar-refractivity contribution is -0.385. The SMILES string of the molecule is CC(C)NC(=O)CNCc1cc(Br)cc([N+](=O)[O-])c1. The Morgan fingerprint density at radius 3 is 2.68 bits per heavy atom. The lowest BCUT2D eigenvalue weighted by Gasteiger charge is -2.09. The van der Waals surface area contributed by atoms with Gasteiger partial charge < -0.3 is 10.6 Å². The number of carbonyl (C=O) groups excluding carboxylic acids is 1. The quantitative estimate of drug-likeness (QED) is 0.617. The highest BCUT2D eigenvalue weighted by molar-refractivity contribution is 9.10. The van der Waals surface area contributed by atoms with Crippen LogP contribution in [0.15, 0.2) is 22.7 Å². The first kappa shape index (κ1) is 15.6. The van der Waals surface area contributed by atoms with Gasteiger partial charge in [-0.25, -0.2) is 0 Å². The zero-order chi connectivity index (χ0) is 14.4. The van der Waals surface area contributed by atoms with Crippen LogP contribution in [-0.4, -0.2) is 23.4 Å². The number of hydrogen-bond donors (Lipinski definition) is 2. The summed E-state index contributed by atoms with van der Waals surface area (Å²) >= 11 is 3.22. The fourth-order valence-corrected chi connectivity index (χ4v) is 2.06. The van der Waals surface area contributed by atoms with Crippen LogP contribution >= 0.6 is 15.9 Å². The summed E-state index contributed by atoms with van der Waals surface area (Å²) in [6, 6.07) is 4.80. The van der Waals surface area contributed by atoms with Gasteiger partial charge in [-0.3, -0.25) is 14.9 Å². The van der Waals surface area contributed by atoms with Crippen molar-refractivity contribution in [1.82, 2.24) is 10.6 Å². The number of benzene rings is 1. The van der Waals surface area contributed by atoms with Gasteiger partial charge in [0.2, 0.25) is 5.91 Å². The maximum atomic E-state index is 11.4. The first-order chi connectivity index (χ1) is 8.88. The predicted molar refractivity (Wildman–Crippen MR) is 75.8 cm³/mol. The number of halogens is 1. The molecular formula is C12H16BrN3O3. The average molecular weight is 330 g/mol. The van der Waals surface area contributed by atoms with Crippen LogP contribution in [0.4, 0.5) is 5.69 Å². The van der Waals surface area contributed by atoms with E-state index in [4.69, 9.17) is 0 Å². The van der Waals surface area contributed by atoms with E-state index in [1.807, 2.05) is 13.8 Å². The van der Waals surface area contributed by atoms with E-state index in [0.717, 1.165) is 5.56 Å². The largest absolute Gasteiger partial charge is 0.353 e. The van der Waals surface area contributed by atoms with Gasteiger partial charge in [0.05, 0.1) is 11.5 Å². The summed E-state index contributed by atoms with van der Waals surface area (Å²) in [4.78, 5) is 21.7. The van der Waals surface area contributed by atoms with Gasteiger partial charge >= 0.3 is 0 Å². The fraction of sp³-hybridized carbons (Fsp3) is 0.417. The smallest absolute Gasteiger partial charge is 0.270 e. The van der Waals surface area contributed by atoms with Gasteiger partial charge in [0.25, 0.3) is 5.69 Å². The normalized spacial score (nSPS) is 10.5. The topological polar surface area (TPSA) is 84.3 Å². The van der Waals surface area contributed by atoms with E-state index < -0.39 is 4.92 Å². The lowest BCUT2D eigenvalue weighted by atomic mass is 10.2. The molecule has 1 rings (SSSR count). The van der Waals surface area contributed by atoms with Crippen LogP contribution in [-0.2, 0) is 11.3 Å². The minimum atomic E-state index is -0.445. The second-order valence-corrected chi connectivity index (χ2v) is 5.32. The van der Waals surface area contributed by atoms with Crippen molar-refractivity contribution in [3.8, 4) is 0 Å². The number of nitro benzene ring substituents is 1. The van der Waals surface area contributed by atoms with Gasteiger partial charge in [0.15, 0.2) is 0 Å². The minimum absolute atomic E-state index is 0.0257. The molecule has 0 saturated heterocycles. The maximum Gasteiger partial charge on any atom is 0.270 e. The van der Waals surface area contributed by atoms with Crippen molar-refractivity contribution < 1.29 is 9.72 Å². The van der Waals surface area contributed by atoms with Crippen LogP contribution in [0, 0.1) is 10.1 Å². The van der Waals surface area contributed by atoms with Gasteiger partial charge in [-0.2, -0.15) is 0 Å². The molecule has 0 radical (unpaired) electrons. The van der Waals surface area contributed by atoms with Crippen molar-refractivity contribution in [1.29, 1.82) is 0 Å². The number of rotatable bonds is 6. The van der Waals surface area contributed by atoms with Crippen LogP contribution in [0.25, 0.3) is 0 Å². The summed E-state index contributed by atoms with van der Waals surface area (Å²) < 4.78 is 0.644. The van der Waals surface area contributed by atoms with Crippen molar-refractivity contribution in [3.05, 3.63) is 38.3 Å². The third kappa shape index (κ3) is 5.80. The summed E-state index contributed by atoms with van der Waals surface area (Å²) in [5.41, 5.74) is 0.774. The number of nitro groups is 1. The summed E-state index contributed by atoms with van der Waals surface area (Å²) in [6.45, 7) is 4.34. The molecule has 0 heterocycles. The molecule has 0 atom stereocenters. The number of hydrogen-bond acceptors (Lipinski definition) is 4. The average Bonchev–Trinajstić information content (AvgIpc) is 2.27. The number of nitrogens with zero attached hydrogens (tertiary/aromatic N) is 1. The van der Waals surface area contributed by atoms with Gasteiger partial charge in [-0.1, -0.05) is 15.9 Å². The van der Waals surface area contributed by atoms with Crippen LogP contribution in [0.3, 0.4) is 0 Å². The molecule has 19 heavy (non-hydrogen) atoms. The zero-order valence-corrected chi connectivity index (χ0v) is 12.4. The van der Waals surface area contributed by atoms with Crippen molar-refractivity contribution in [3.63, 3.8) is 0 Å². The monoisotopic (exact) mass is 329 g/mol. The molecule has 0 aromatic heterocycles. The number of nitrogens with one attached hydrogen (secondary N) is 2. The van der Waals surface area contributed by atoms with E-state index in [9.17, 15) is 14.9 Å². The molecule has 6 nitrogen and oxygen atoms in total. The molecule has 2 N–H and O–H groups in total. The fourth-order valence-electron chi connectivity index (χ4n) is 1.53. The molecular weight excluding hydrogens is 314 g/mol. The Morgan fingerprint density at radius 2 is 2.11 bits per heavy atom. The summed E-state index contributed by atoms with van der Waals surface area (Å²) in [7, 11) is 0. The molecule has 0 aliphatic heterocycles. The van der Waals surface area contributed by atoms with Crippen LogP contribution in [0.1, 0.15) is 19.4 Å². The maximum absolute atomic E-state index is 11.4. The highest BCUT2D eigenvalue weighted by Gasteiger charge is 2.09. The van der Waals surface area contributed by atoms with Crippen LogP contribution in [0.2, 0.25) is 0 Å². The highest BCUT2D eigenvalue weighted by atomic mass is 79.9. The molecule has 0 aliphatic carbocycles. The Hall–Kier alpha value is -1.47. The number of amides is 1. The van der Waals surface area contributed by atoms with E-state index in [-0.39, 0.29) is 24.2 Å². The van der Waals surface area contributed by atoms with E-state index in [1.54, 1.807) is 6.07 Å². The van der Waals surface area contributed by atoms with Crippen molar-refractivity contribution in [2.45, 2.75) is 26.4 Å². The van der Waals surface area contributed by atoms with Gasteiger partial charge in [0.1, 0.15) is 0 Å². The molecule has 0 aliphatic rings. The summed E-state index contributed by atoms with van der Waals surface area (Å²) in [5.74, 6) is -0.0977. The van der Waals surface area contributed by atoms with Gasteiger partial charge in [0, 0.05) is 29.2 Å². The molecule has 104 valence electrons. The second-order valence-electron chi connectivity index (χ2n) is 4.40. The molecule has 0 bridgehead atoms. The summed E-state index contributed by atoms with van der Waals surface area (Å²) in [5, 5.41) is 16.4. The molecule has 1 aromatic rings. The summed E-state index contributed by atoms with van der Waals surface area (Å²) in [6.07, 6.45) is 0. The van der Waals surface area contributed by atoms with E-state index >= 15 is 0 Å². The van der Waals surface area contributed by atoms with Crippen LogP contribution < -0.4 is 10.6 Å². The lowest BCUT2D eigenvalue weighted by Crippen LogP contribution is -2.37. The third-order valence-corrected chi connectivity index (χ3v) is 2.68. The number of non-ortho nitro benzene ring substituents is 1. The Labute approximate surface area is 119 Å². The second kappa shape index (κ2) is 7.20. The Morgan fingerprint density at radius 1 is 1.42 bits per heavy atom. The third-order valence-electron chi connectivity index (χ3n) is 2.22. The van der Waals surface area contributed by atoms with Crippen molar-refractivity contribution in [2.24, 2.45) is 0 Å². The van der Waals surface area contributed by atoms with Crippen LogP contribution in [0.5, 0.6) is 0 Å². The van der Waals surface area contributed by atoms with E-state index in [1.165, 1.54) is 12.1 Å². The first-order valence-corrected chi connectivity index (χ1v) is 6.61. The van der Waals surface area contributed by atoms with E-state index in [0.29, 0.717) is 11.0 Å². The molecule has 0 saturated carbocycles. The van der Waals surface area contributed by atoms with Gasteiger partial charge in [-0.15, -0.1) is 0 Å². The molecule has 7 heteroatoms. The first-order valence-electron chi connectivity index (χ1n) is 5.82. The molecule has 1 aromatic carbocycles. The Bertz CT molecular complexity index is 477. The zero-order valence-electron chi connectivity index (χ0n) is 10.8. The Balaban J connectivity index is 2.54. The standard InChI is InChI=1S/C12H16BrN3O3/c1-8(2)15-12(17)7-14-6-9-3-10(13)5-11(4-9)16(18)19/h3-5,8,14H,6-7H2,1-2H3,(H,15,17). The molecule has 0 spiro atoms. The van der Waals surface area contributed by atoms with Crippen molar-refractivity contribution >= 4 is 27.5 Å². The van der Waals surface area contributed by atoms with Crippen molar-refractivity contribution in [2.75, 3.05) is 6.54 Å². The Kier molecular flexibility index (Phi) is 5.91. The molecule has 1 amide bonds. The molecule has 0 unspecified atom stereocenters. The van der Waals surface area contributed by atoms with E-state index in [2.05, 4.69) is 26.6 Å². The number of carbonyl (C=O) groups is 1. The predicted octanol–water partition coefficient (Wildman–Crippen LogP) is 1.97. The van der Waals surface area contributed by atoms with Gasteiger partial charge in [-0.05, 0) is 25.5 Å². The molecule has 0 fully saturated rings. The highest BCUT2D eigenvalue weighted by Crippen LogP contribution is 2.21.